The second-order valence-electron chi connectivity index (χ2n) is 11.0. The lowest BCUT2D eigenvalue weighted by molar-refractivity contribution is -0.154. The lowest BCUT2D eigenvalue weighted by Gasteiger charge is -2.43. The molecule has 206 valence electrons. The van der Waals surface area contributed by atoms with E-state index in [1.807, 2.05) is 19.1 Å². The number of hydrogen-bond acceptors (Lipinski definition) is 6. The van der Waals surface area contributed by atoms with Crippen LogP contribution < -0.4 is 10.6 Å². The SMILES string of the molecule is Cc1ccc(Sc2ccccc2N2CCN(C(=O)O)C(C(C)OC(=O)CC3(CN)CCCCC3)C2)c(C)c1. The number of nitrogens with two attached hydrogens (primary N) is 1. The molecule has 0 spiro atoms. The van der Waals surface area contributed by atoms with Crippen LogP contribution in [0.2, 0.25) is 0 Å². The molecule has 0 bridgehead atoms. The Morgan fingerprint density at radius 2 is 1.84 bits per heavy atom. The van der Waals surface area contributed by atoms with Crippen LogP contribution in [0.15, 0.2) is 52.3 Å². The highest BCUT2D eigenvalue weighted by molar-refractivity contribution is 7.99. The molecule has 1 aliphatic carbocycles. The maximum Gasteiger partial charge on any atom is 0.407 e. The van der Waals surface area contributed by atoms with Crippen molar-refractivity contribution in [2.24, 2.45) is 11.1 Å². The molecular formula is C30H41N3O4S. The second-order valence-corrected chi connectivity index (χ2v) is 12.0. The van der Waals surface area contributed by atoms with Crippen molar-refractivity contribution in [3.8, 4) is 0 Å². The molecule has 2 aromatic carbocycles. The fraction of sp³-hybridized carbons (Fsp3) is 0.533. The van der Waals surface area contributed by atoms with Gasteiger partial charge in [0.15, 0.2) is 0 Å². The summed E-state index contributed by atoms with van der Waals surface area (Å²) in [6.45, 7) is 7.88. The molecule has 2 unspecified atom stereocenters. The van der Waals surface area contributed by atoms with Gasteiger partial charge in [0.05, 0.1) is 18.2 Å². The summed E-state index contributed by atoms with van der Waals surface area (Å²) in [4.78, 5) is 31.1. The van der Waals surface area contributed by atoms with Gasteiger partial charge < -0.3 is 20.5 Å². The number of amides is 1. The van der Waals surface area contributed by atoms with Gasteiger partial charge in [0, 0.05) is 29.4 Å². The molecule has 2 aromatic rings. The predicted molar refractivity (Wildman–Crippen MR) is 152 cm³/mol. The van der Waals surface area contributed by atoms with Crippen molar-refractivity contribution in [3.63, 3.8) is 0 Å². The topological polar surface area (TPSA) is 96.1 Å². The molecule has 3 N–H and O–H groups in total. The summed E-state index contributed by atoms with van der Waals surface area (Å²) < 4.78 is 5.91. The van der Waals surface area contributed by atoms with Crippen molar-refractivity contribution < 1.29 is 19.4 Å². The number of para-hydroxylation sites is 1. The van der Waals surface area contributed by atoms with Gasteiger partial charge in [-0.2, -0.15) is 0 Å². The minimum atomic E-state index is -0.985. The molecule has 1 heterocycles. The van der Waals surface area contributed by atoms with Gasteiger partial charge in [-0.1, -0.05) is 60.9 Å². The fourth-order valence-corrected chi connectivity index (χ4v) is 6.93. The van der Waals surface area contributed by atoms with Crippen molar-refractivity contribution in [2.45, 2.75) is 81.2 Å². The average molecular weight is 540 g/mol. The van der Waals surface area contributed by atoms with Crippen molar-refractivity contribution in [1.29, 1.82) is 0 Å². The van der Waals surface area contributed by atoms with E-state index in [0.29, 0.717) is 32.6 Å². The lowest BCUT2D eigenvalue weighted by atomic mass is 9.72. The van der Waals surface area contributed by atoms with Gasteiger partial charge in [-0.05, 0) is 69.3 Å². The third kappa shape index (κ3) is 6.64. The number of benzene rings is 2. The number of carbonyl (C=O) groups is 2. The molecule has 1 saturated carbocycles. The van der Waals surface area contributed by atoms with Crippen molar-refractivity contribution >= 4 is 29.5 Å². The molecule has 4 rings (SSSR count). The van der Waals surface area contributed by atoms with Crippen molar-refractivity contribution in [1.82, 2.24) is 4.90 Å². The maximum absolute atomic E-state index is 13.0. The smallest absolute Gasteiger partial charge is 0.407 e. The number of hydrogen-bond donors (Lipinski definition) is 2. The van der Waals surface area contributed by atoms with E-state index in [2.05, 4.69) is 49.1 Å². The van der Waals surface area contributed by atoms with Crippen molar-refractivity contribution in [3.05, 3.63) is 53.6 Å². The number of carboxylic acid groups (broad SMARTS) is 1. The number of esters is 1. The summed E-state index contributed by atoms with van der Waals surface area (Å²) in [5.41, 5.74) is 9.43. The van der Waals surface area contributed by atoms with Crippen LogP contribution in [-0.4, -0.2) is 60.4 Å². The van der Waals surface area contributed by atoms with Gasteiger partial charge in [0.25, 0.3) is 0 Å². The van der Waals surface area contributed by atoms with E-state index in [-0.39, 0.29) is 11.4 Å². The lowest BCUT2D eigenvalue weighted by Crippen LogP contribution is -2.59. The zero-order chi connectivity index (χ0) is 27.3. The summed E-state index contributed by atoms with van der Waals surface area (Å²) in [7, 11) is 0. The zero-order valence-corrected chi connectivity index (χ0v) is 23.6. The first-order valence-corrected chi connectivity index (χ1v) is 14.5. The van der Waals surface area contributed by atoms with Crippen LogP contribution in [0.5, 0.6) is 0 Å². The third-order valence-electron chi connectivity index (χ3n) is 8.15. The van der Waals surface area contributed by atoms with Gasteiger partial charge in [0.2, 0.25) is 0 Å². The van der Waals surface area contributed by atoms with Crippen LogP contribution in [0.4, 0.5) is 10.5 Å². The maximum atomic E-state index is 13.0. The molecule has 1 amide bonds. The number of aryl methyl sites for hydroxylation is 2. The van der Waals surface area contributed by atoms with E-state index in [9.17, 15) is 14.7 Å². The van der Waals surface area contributed by atoms with E-state index in [0.717, 1.165) is 36.3 Å². The van der Waals surface area contributed by atoms with Crippen LogP contribution >= 0.6 is 11.8 Å². The molecule has 38 heavy (non-hydrogen) atoms. The van der Waals surface area contributed by atoms with Crippen LogP contribution in [0.3, 0.4) is 0 Å². The normalized spacial score (nSPS) is 20.2. The Balaban J connectivity index is 1.49. The number of ether oxygens (including phenoxy) is 1. The molecule has 1 aliphatic heterocycles. The van der Waals surface area contributed by atoms with Crippen LogP contribution in [-0.2, 0) is 9.53 Å². The zero-order valence-electron chi connectivity index (χ0n) is 22.8. The van der Waals surface area contributed by atoms with Crippen LogP contribution in [0, 0.1) is 19.3 Å². The highest BCUT2D eigenvalue weighted by atomic mass is 32.2. The summed E-state index contributed by atoms with van der Waals surface area (Å²) in [6, 6.07) is 14.2. The number of nitrogens with zero attached hydrogens (tertiary/aromatic N) is 2. The number of carbonyl (C=O) groups excluding carboxylic acids is 1. The molecule has 8 heteroatoms. The molecule has 1 saturated heterocycles. The molecule has 2 atom stereocenters. The number of rotatable bonds is 8. The Bertz CT molecular complexity index is 1130. The highest BCUT2D eigenvalue weighted by Gasteiger charge is 2.38. The quantitative estimate of drug-likeness (QED) is 0.406. The van der Waals surface area contributed by atoms with Gasteiger partial charge in [-0.3, -0.25) is 9.69 Å². The highest BCUT2D eigenvalue weighted by Crippen LogP contribution is 2.40. The molecule has 0 aromatic heterocycles. The van der Waals surface area contributed by atoms with E-state index in [1.165, 1.54) is 27.3 Å². The minimum Gasteiger partial charge on any atom is -0.465 e. The average Bonchev–Trinajstić information content (AvgIpc) is 2.90. The van der Waals surface area contributed by atoms with E-state index < -0.39 is 18.2 Å². The third-order valence-corrected chi connectivity index (χ3v) is 9.39. The van der Waals surface area contributed by atoms with Gasteiger partial charge in [0.1, 0.15) is 6.10 Å². The van der Waals surface area contributed by atoms with E-state index in [4.69, 9.17) is 10.5 Å². The van der Waals surface area contributed by atoms with Gasteiger partial charge in [-0.25, -0.2) is 4.79 Å². The molecule has 2 fully saturated rings. The Labute approximate surface area is 230 Å². The Morgan fingerprint density at radius 1 is 1.11 bits per heavy atom. The first kappa shape index (κ1) is 28.3. The standard InChI is InChI=1S/C30H41N3O4S/c1-21-11-12-26(22(2)17-21)38-27-10-6-5-9-24(27)32-15-16-33(29(35)36)25(19-32)23(3)37-28(34)18-30(20-31)13-7-4-8-14-30/h5-6,9-12,17,23,25H,4,7-8,13-16,18-20,31H2,1-3H3,(H,35,36). The first-order chi connectivity index (χ1) is 18.2. The van der Waals surface area contributed by atoms with Gasteiger partial charge >= 0.3 is 12.1 Å². The Kier molecular flexibility index (Phi) is 9.26. The van der Waals surface area contributed by atoms with E-state index >= 15 is 0 Å². The summed E-state index contributed by atoms with van der Waals surface area (Å²) in [5, 5.41) is 9.94. The van der Waals surface area contributed by atoms with Crippen LogP contribution in [0.1, 0.15) is 56.6 Å². The molecule has 0 radical (unpaired) electrons. The predicted octanol–water partition coefficient (Wildman–Crippen LogP) is 5.85. The molecule has 7 nitrogen and oxygen atoms in total. The minimum absolute atomic E-state index is 0.190. The number of piperazine rings is 1. The fourth-order valence-electron chi connectivity index (χ4n) is 5.89. The van der Waals surface area contributed by atoms with Crippen molar-refractivity contribution in [2.75, 3.05) is 31.1 Å². The molecular weight excluding hydrogens is 498 g/mol. The number of anilines is 1. The summed E-state index contributed by atoms with van der Waals surface area (Å²) >= 11 is 1.72. The monoisotopic (exact) mass is 539 g/mol. The second kappa shape index (κ2) is 12.4. The summed E-state index contributed by atoms with van der Waals surface area (Å²) in [5.74, 6) is -0.280. The molecule has 2 aliphatic rings. The summed E-state index contributed by atoms with van der Waals surface area (Å²) in [6.07, 6.45) is 3.99. The Morgan fingerprint density at radius 3 is 2.53 bits per heavy atom. The largest absolute Gasteiger partial charge is 0.465 e. The van der Waals surface area contributed by atoms with Gasteiger partial charge in [-0.15, -0.1) is 0 Å². The first-order valence-electron chi connectivity index (χ1n) is 13.7. The Hall–Kier alpha value is -2.71. The van der Waals surface area contributed by atoms with Crippen LogP contribution in [0.25, 0.3) is 0 Å². The van der Waals surface area contributed by atoms with E-state index in [1.54, 1.807) is 11.8 Å².